The van der Waals surface area contributed by atoms with E-state index in [2.05, 4.69) is 24.5 Å². The number of amides is 2. The minimum atomic E-state index is -0.182. The maximum atomic E-state index is 12.9. The molecule has 2 N–H and O–H groups in total. The molecule has 29 heavy (non-hydrogen) atoms. The van der Waals surface area contributed by atoms with Gasteiger partial charge in [0.25, 0.3) is 5.91 Å². The molecule has 0 bridgehead atoms. The lowest BCUT2D eigenvalue weighted by molar-refractivity contribution is -0.114. The summed E-state index contributed by atoms with van der Waals surface area (Å²) in [7, 11) is 0. The average molecular weight is 414 g/mol. The highest BCUT2D eigenvalue weighted by Gasteiger charge is 2.21. The van der Waals surface area contributed by atoms with E-state index in [1.54, 1.807) is 18.2 Å². The van der Waals surface area contributed by atoms with Gasteiger partial charge in [-0.1, -0.05) is 37.6 Å². The van der Waals surface area contributed by atoms with Crippen LogP contribution in [-0.2, 0) is 4.79 Å². The number of halogens is 1. The Bertz CT molecular complexity index is 859. The van der Waals surface area contributed by atoms with Crippen LogP contribution in [0.1, 0.15) is 54.9 Å². The SMILES string of the molecule is CC(C)c1ccc(NC(=O)CNc2cc(Cl)ccc2C(=O)N2CCCCC2)cc1. The zero-order valence-corrected chi connectivity index (χ0v) is 17.8. The van der Waals surface area contributed by atoms with Crippen molar-refractivity contribution in [3.63, 3.8) is 0 Å². The highest BCUT2D eigenvalue weighted by atomic mass is 35.5. The third kappa shape index (κ3) is 5.73. The Balaban J connectivity index is 1.64. The predicted octanol–water partition coefficient (Wildman–Crippen LogP) is 5.14. The lowest BCUT2D eigenvalue weighted by Crippen LogP contribution is -2.36. The Morgan fingerprint density at radius 2 is 1.72 bits per heavy atom. The van der Waals surface area contributed by atoms with Crippen LogP contribution in [-0.4, -0.2) is 36.3 Å². The number of carbonyl (C=O) groups is 2. The molecular weight excluding hydrogens is 386 g/mol. The summed E-state index contributed by atoms with van der Waals surface area (Å²) in [5.74, 6) is 0.243. The summed E-state index contributed by atoms with van der Waals surface area (Å²) >= 11 is 6.13. The van der Waals surface area contributed by atoms with Crippen molar-refractivity contribution < 1.29 is 9.59 Å². The van der Waals surface area contributed by atoms with Gasteiger partial charge in [0.05, 0.1) is 12.1 Å². The highest BCUT2D eigenvalue weighted by Crippen LogP contribution is 2.24. The van der Waals surface area contributed by atoms with E-state index in [0.29, 0.717) is 22.2 Å². The number of carbonyl (C=O) groups excluding carboxylic acids is 2. The van der Waals surface area contributed by atoms with Gasteiger partial charge < -0.3 is 15.5 Å². The standard InChI is InChI=1S/C23H28ClN3O2/c1-16(2)17-6-9-19(10-7-17)26-22(28)15-25-21-14-18(24)8-11-20(21)23(29)27-12-4-3-5-13-27/h6-11,14,16,25H,3-5,12-13,15H2,1-2H3,(H,26,28). The van der Waals surface area contributed by atoms with Crippen LogP contribution in [0.4, 0.5) is 11.4 Å². The maximum Gasteiger partial charge on any atom is 0.255 e. The van der Waals surface area contributed by atoms with E-state index in [1.807, 2.05) is 29.2 Å². The minimum absolute atomic E-state index is 0.0199. The van der Waals surface area contributed by atoms with Gasteiger partial charge >= 0.3 is 0 Å². The smallest absolute Gasteiger partial charge is 0.255 e. The van der Waals surface area contributed by atoms with Crippen molar-refractivity contribution in [2.45, 2.75) is 39.0 Å². The summed E-state index contributed by atoms with van der Waals surface area (Å²) in [5.41, 5.74) is 3.10. The molecule has 6 heteroatoms. The Labute approximate surface area is 177 Å². The van der Waals surface area contributed by atoms with Crippen LogP contribution in [0.25, 0.3) is 0 Å². The van der Waals surface area contributed by atoms with Crippen molar-refractivity contribution >= 4 is 34.8 Å². The number of likely N-dealkylation sites (tertiary alicyclic amines) is 1. The minimum Gasteiger partial charge on any atom is -0.375 e. The Morgan fingerprint density at radius 3 is 2.38 bits per heavy atom. The average Bonchev–Trinajstić information content (AvgIpc) is 2.73. The first-order chi connectivity index (χ1) is 13.9. The molecule has 0 unspecified atom stereocenters. The Kier molecular flexibility index (Phi) is 7.15. The predicted molar refractivity (Wildman–Crippen MR) is 119 cm³/mol. The molecule has 5 nitrogen and oxygen atoms in total. The molecule has 0 aromatic heterocycles. The molecule has 3 rings (SSSR count). The van der Waals surface area contributed by atoms with Crippen molar-refractivity contribution in [3.8, 4) is 0 Å². The number of piperidine rings is 1. The number of hydrogen-bond donors (Lipinski definition) is 2. The van der Waals surface area contributed by atoms with Crippen molar-refractivity contribution in [1.29, 1.82) is 0 Å². The zero-order valence-electron chi connectivity index (χ0n) is 17.0. The van der Waals surface area contributed by atoms with Crippen LogP contribution < -0.4 is 10.6 Å². The molecule has 0 aliphatic carbocycles. The van der Waals surface area contributed by atoms with E-state index in [9.17, 15) is 9.59 Å². The number of anilines is 2. The van der Waals surface area contributed by atoms with E-state index >= 15 is 0 Å². The Hall–Kier alpha value is -2.53. The van der Waals surface area contributed by atoms with Crippen molar-refractivity contribution in [3.05, 3.63) is 58.6 Å². The summed E-state index contributed by atoms with van der Waals surface area (Å²) in [6.45, 7) is 5.85. The topological polar surface area (TPSA) is 61.4 Å². The van der Waals surface area contributed by atoms with E-state index in [4.69, 9.17) is 11.6 Å². The van der Waals surface area contributed by atoms with Gasteiger partial charge in [-0.05, 0) is 61.1 Å². The fourth-order valence-electron chi connectivity index (χ4n) is 3.45. The number of nitrogens with one attached hydrogen (secondary N) is 2. The molecule has 1 fully saturated rings. The highest BCUT2D eigenvalue weighted by molar-refractivity contribution is 6.31. The second kappa shape index (κ2) is 9.79. The normalized spacial score (nSPS) is 14.0. The zero-order chi connectivity index (χ0) is 20.8. The van der Waals surface area contributed by atoms with Crippen LogP contribution in [0.2, 0.25) is 5.02 Å². The molecule has 1 heterocycles. The first kappa shape index (κ1) is 21.2. The van der Waals surface area contributed by atoms with Gasteiger partial charge in [-0.2, -0.15) is 0 Å². The number of nitrogens with zero attached hydrogens (tertiary/aromatic N) is 1. The maximum absolute atomic E-state index is 12.9. The number of benzene rings is 2. The Morgan fingerprint density at radius 1 is 1.03 bits per heavy atom. The molecule has 0 atom stereocenters. The summed E-state index contributed by atoms with van der Waals surface area (Å²) in [6, 6.07) is 13.0. The molecule has 0 spiro atoms. The summed E-state index contributed by atoms with van der Waals surface area (Å²) in [4.78, 5) is 27.1. The van der Waals surface area contributed by atoms with Crippen LogP contribution in [0.5, 0.6) is 0 Å². The molecule has 154 valence electrons. The monoisotopic (exact) mass is 413 g/mol. The van der Waals surface area contributed by atoms with Gasteiger partial charge in [0.2, 0.25) is 5.91 Å². The van der Waals surface area contributed by atoms with Gasteiger partial charge in [-0.3, -0.25) is 9.59 Å². The van der Waals surface area contributed by atoms with Crippen LogP contribution >= 0.6 is 11.6 Å². The van der Waals surface area contributed by atoms with E-state index < -0.39 is 0 Å². The van der Waals surface area contributed by atoms with Crippen LogP contribution in [0.15, 0.2) is 42.5 Å². The molecule has 0 saturated carbocycles. The van der Waals surface area contributed by atoms with Crippen molar-refractivity contribution in [2.24, 2.45) is 0 Å². The fraction of sp³-hybridized carbons (Fsp3) is 0.391. The second-order valence-electron chi connectivity index (χ2n) is 7.72. The molecule has 1 aliphatic heterocycles. The summed E-state index contributed by atoms with van der Waals surface area (Å²) < 4.78 is 0. The van der Waals surface area contributed by atoms with E-state index in [0.717, 1.165) is 38.0 Å². The van der Waals surface area contributed by atoms with Crippen LogP contribution in [0, 0.1) is 0 Å². The quantitative estimate of drug-likeness (QED) is 0.689. The third-order valence-corrected chi connectivity index (χ3v) is 5.39. The number of rotatable bonds is 6. The van der Waals surface area contributed by atoms with Crippen molar-refractivity contribution in [1.82, 2.24) is 4.90 Å². The number of hydrogen-bond acceptors (Lipinski definition) is 3. The van der Waals surface area contributed by atoms with E-state index in [-0.39, 0.29) is 18.4 Å². The van der Waals surface area contributed by atoms with Gasteiger partial charge in [-0.25, -0.2) is 0 Å². The molecule has 2 aromatic carbocycles. The molecule has 1 aliphatic rings. The van der Waals surface area contributed by atoms with Gasteiger partial charge in [0.1, 0.15) is 0 Å². The molecule has 0 radical (unpaired) electrons. The lowest BCUT2D eigenvalue weighted by atomic mass is 10.0. The summed E-state index contributed by atoms with van der Waals surface area (Å²) in [5, 5.41) is 6.48. The van der Waals surface area contributed by atoms with Crippen molar-refractivity contribution in [2.75, 3.05) is 30.3 Å². The summed E-state index contributed by atoms with van der Waals surface area (Å²) in [6.07, 6.45) is 3.22. The first-order valence-corrected chi connectivity index (χ1v) is 10.5. The molecule has 2 aromatic rings. The lowest BCUT2D eigenvalue weighted by Gasteiger charge is -2.27. The van der Waals surface area contributed by atoms with Gasteiger partial charge in [0.15, 0.2) is 0 Å². The molecular formula is C23H28ClN3O2. The third-order valence-electron chi connectivity index (χ3n) is 5.16. The van der Waals surface area contributed by atoms with Gasteiger partial charge in [0, 0.05) is 29.5 Å². The first-order valence-electron chi connectivity index (χ1n) is 10.2. The molecule has 2 amide bonds. The second-order valence-corrected chi connectivity index (χ2v) is 8.16. The van der Waals surface area contributed by atoms with E-state index in [1.165, 1.54) is 5.56 Å². The largest absolute Gasteiger partial charge is 0.375 e. The molecule has 1 saturated heterocycles. The fourth-order valence-corrected chi connectivity index (χ4v) is 3.62. The van der Waals surface area contributed by atoms with Gasteiger partial charge in [-0.15, -0.1) is 0 Å². The van der Waals surface area contributed by atoms with Crippen LogP contribution in [0.3, 0.4) is 0 Å².